The van der Waals surface area contributed by atoms with Crippen molar-refractivity contribution in [3.05, 3.63) is 65.7 Å². The molecule has 3 rings (SSSR count). The van der Waals surface area contributed by atoms with Crippen molar-refractivity contribution >= 4 is 11.8 Å². The first-order valence-corrected chi connectivity index (χ1v) is 7.91. The van der Waals surface area contributed by atoms with Gasteiger partial charge in [-0.1, -0.05) is 18.2 Å². The minimum atomic E-state index is -0.530. The van der Waals surface area contributed by atoms with Crippen LogP contribution in [-0.4, -0.2) is 40.8 Å². The predicted octanol–water partition coefficient (Wildman–Crippen LogP) is 2.26. The zero-order valence-corrected chi connectivity index (χ0v) is 13.1. The number of hydrogen-bond donors (Lipinski definition) is 1. The lowest BCUT2D eigenvalue weighted by Gasteiger charge is -2.32. The Bertz CT molecular complexity index is 728. The van der Waals surface area contributed by atoms with Gasteiger partial charge in [-0.3, -0.25) is 14.6 Å². The molecule has 5 nitrogen and oxygen atoms in total. The summed E-state index contributed by atoms with van der Waals surface area (Å²) in [4.78, 5) is 30.2. The van der Waals surface area contributed by atoms with E-state index in [2.05, 4.69) is 10.3 Å². The van der Waals surface area contributed by atoms with Gasteiger partial charge in [0.1, 0.15) is 11.5 Å². The number of carbonyl (C=O) groups is 2. The van der Waals surface area contributed by atoms with E-state index in [-0.39, 0.29) is 17.5 Å². The molecule has 0 atom stereocenters. The Kier molecular flexibility index (Phi) is 4.84. The van der Waals surface area contributed by atoms with E-state index in [1.807, 2.05) is 0 Å². The Morgan fingerprint density at radius 2 is 1.79 bits per heavy atom. The average Bonchev–Trinajstić information content (AvgIpc) is 2.63. The number of rotatable bonds is 3. The van der Waals surface area contributed by atoms with Crippen LogP contribution in [-0.2, 0) is 0 Å². The van der Waals surface area contributed by atoms with Gasteiger partial charge < -0.3 is 10.2 Å². The lowest BCUT2D eigenvalue weighted by Crippen LogP contribution is -2.46. The minimum Gasteiger partial charge on any atom is -0.349 e. The zero-order valence-electron chi connectivity index (χ0n) is 13.1. The molecule has 0 bridgehead atoms. The zero-order chi connectivity index (χ0) is 16.9. The van der Waals surface area contributed by atoms with Crippen molar-refractivity contribution in [1.82, 2.24) is 15.2 Å². The first-order chi connectivity index (χ1) is 11.6. The van der Waals surface area contributed by atoms with Crippen molar-refractivity contribution < 1.29 is 14.0 Å². The molecule has 0 radical (unpaired) electrons. The molecule has 0 unspecified atom stereocenters. The third-order valence-electron chi connectivity index (χ3n) is 4.12. The normalized spacial score (nSPS) is 15.1. The second-order valence-corrected chi connectivity index (χ2v) is 5.73. The maximum Gasteiger partial charge on any atom is 0.272 e. The van der Waals surface area contributed by atoms with Crippen LogP contribution < -0.4 is 5.32 Å². The molecule has 2 amide bonds. The molecule has 1 aliphatic heterocycles. The molecule has 1 aromatic carbocycles. The van der Waals surface area contributed by atoms with E-state index in [1.165, 1.54) is 12.1 Å². The highest BCUT2D eigenvalue weighted by atomic mass is 19.1. The molecule has 124 valence electrons. The number of halogens is 1. The van der Waals surface area contributed by atoms with Crippen LogP contribution in [0.1, 0.15) is 33.7 Å². The number of pyridine rings is 1. The molecule has 2 heterocycles. The predicted molar refractivity (Wildman–Crippen MR) is 87.0 cm³/mol. The van der Waals surface area contributed by atoms with Gasteiger partial charge in [0.25, 0.3) is 11.8 Å². The van der Waals surface area contributed by atoms with Crippen molar-refractivity contribution in [1.29, 1.82) is 0 Å². The van der Waals surface area contributed by atoms with Gasteiger partial charge >= 0.3 is 0 Å². The van der Waals surface area contributed by atoms with Crippen LogP contribution in [0.15, 0.2) is 48.7 Å². The van der Waals surface area contributed by atoms with Gasteiger partial charge in [0, 0.05) is 25.3 Å². The van der Waals surface area contributed by atoms with Gasteiger partial charge in [0.15, 0.2) is 0 Å². The fourth-order valence-corrected chi connectivity index (χ4v) is 2.79. The second kappa shape index (κ2) is 7.21. The maximum absolute atomic E-state index is 13.6. The summed E-state index contributed by atoms with van der Waals surface area (Å²) in [6, 6.07) is 11.1. The Hall–Kier alpha value is -2.76. The number of benzene rings is 1. The fraction of sp³-hybridized carbons (Fsp3) is 0.278. The third kappa shape index (κ3) is 3.59. The van der Waals surface area contributed by atoms with Crippen LogP contribution in [0.25, 0.3) is 0 Å². The summed E-state index contributed by atoms with van der Waals surface area (Å²) >= 11 is 0. The Balaban J connectivity index is 1.55. The standard InChI is InChI=1S/C18H18FN3O2/c19-15-6-2-1-5-14(15)17(23)21-13-8-11-22(12-9-13)18(24)16-7-3-4-10-20-16/h1-7,10,13H,8-9,11-12H2,(H,21,23). The lowest BCUT2D eigenvalue weighted by molar-refractivity contribution is 0.0692. The Labute approximate surface area is 139 Å². The molecule has 0 aliphatic carbocycles. The third-order valence-corrected chi connectivity index (χ3v) is 4.12. The van der Waals surface area contributed by atoms with Crippen molar-refractivity contribution in [3.63, 3.8) is 0 Å². The maximum atomic E-state index is 13.6. The van der Waals surface area contributed by atoms with Crippen molar-refractivity contribution in [2.45, 2.75) is 18.9 Å². The topological polar surface area (TPSA) is 62.3 Å². The van der Waals surface area contributed by atoms with E-state index in [0.29, 0.717) is 31.6 Å². The highest BCUT2D eigenvalue weighted by molar-refractivity contribution is 5.94. The molecule has 24 heavy (non-hydrogen) atoms. The van der Waals surface area contributed by atoms with Crippen LogP contribution in [0, 0.1) is 5.82 Å². The lowest BCUT2D eigenvalue weighted by atomic mass is 10.0. The highest BCUT2D eigenvalue weighted by Crippen LogP contribution is 2.14. The average molecular weight is 327 g/mol. The molecule has 1 N–H and O–H groups in total. The molecule has 1 aliphatic rings. The summed E-state index contributed by atoms with van der Waals surface area (Å²) in [5.41, 5.74) is 0.468. The van der Waals surface area contributed by atoms with E-state index in [1.54, 1.807) is 41.4 Å². The SMILES string of the molecule is O=C(NC1CCN(C(=O)c2ccccn2)CC1)c1ccccc1F. The number of carbonyl (C=O) groups excluding carboxylic acids is 2. The molecule has 6 heteroatoms. The molecule has 1 saturated heterocycles. The largest absolute Gasteiger partial charge is 0.349 e. The summed E-state index contributed by atoms with van der Waals surface area (Å²) in [6.07, 6.45) is 2.87. The number of likely N-dealkylation sites (tertiary alicyclic amines) is 1. The van der Waals surface area contributed by atoms with Crippen molar-refractivity contribution in [2.24, 2.45) is 0 Å². The molecular weight excluding hydrogens is 309 g/mol. The van der Waals surface area contributed by atoms with Crippen molar-refractivity contribution in [2.75, 3.05) is 13.1 Å². The summed E-state index contributed by atoms with van der Waals surface area (Å²) in [5.74, 6) is -1.05. The number of piperidine rings is 1. The Morgan fingerprint density at radius 1 is 1.08 bits per heavy atom. The number of aromatic nitrogens is 1. The number of hydrogen-bond acceptors (Lipinski definition) is 3. The van der Waals surface area contributed by atoms with Crippen LogP contribution in [0.2, 0.25) is 0 Å². The molecular formula is C18H18FN3O2. The van der Waals surface area contributed by atoms with E-state index < -0.39 is 11.7 Å². The molecule has 0 saturated carbocycles. The smallest absolute Gasteiger partial charge is 0.272 e. The van der Waals surface area contributed by atoms with Gasteiger partial charge in [-0.25, -0.2) is 4.39 Å². The fourth-order valence-electron chi connectivity index (χ4n) is 2.79. The van der Waals surface area contributed by atoms with Crippen molar-refractivity contribution in [3.8, 4) is 0 Å². The first kappa shape index (κ1) is 16.1. The van der Waals surface area contributed by atoms with Gasteiger partial charge in [-0.05, 0) is 37.1 Å². The minimum absolute atomic E-state index is 0.0458. The van der Waals surface area contributed by atoms with Gasteiger partial charge in [0.05, 0.1) is 5.56 Å². The monoisotopic (exact) mass is 327 g/mol. The molecule has 2 aromatic rings. The van der Waals surface area contributed by atoms with Gasteiger partial charge in [-0.15, -0.1) is 0 Å². The highest BCUT2D eigenvalue weighted by Gasteiger charge is 2.25. The summed E-state index contributed by atoms with van der Waals surface area (Å²) in [7, 11) is 0. The van der Waals surface area contributed by atoms with Crippen LogP contribution in [0.4, 0.5) is 4.39 Å². The van der Waals surface area contributed by atoms with Gasteiger partial charge in [-0.2, -0.15) is 0 Å². The van der Waals surface area contributed by atoms with E-state index >= 15 is 0 Å². The summed E-state index contributed by atoms with van der Waals surface area (Å²) in [6.45, 7) is 1.08. The second-order valence-electron chi connectivity index (χ2n) is 5.73. The van der Waals surface area contributed by atoms with E-state index in [9.17, 15) is 14.0 Å². The quantitative estimate of drug-likeness (QED) is 0.940. The summed E-state index contributed by atoms with van der Waals surface area (Å²) in [5, 5.41) is 2.84. The Morgan fingerprint density at radius 3 is 2.46 bits per heavy atom. The number of nitrogens with one attached hydrogen (secondary N) is 1. The molecule has 0 spiro atoms. The summed E-state index contributed by atoms with van der Waals surface area (Å²) < 4.78 is 13.6. The van der Waals surface area contributed by atoms with E-state index in [0.717, 1.165) is 0 Å². The van der Waals surface area contributed by atoms with Crippen LogP contribution >= 0.6 is 0 Å². The van der Waals surface area contributed by atoms with E-state index in [4.69, 9.17) is 0 Å². The number of amides is 2. The van der Waals surface area contributed by atoms with Gasteiger partial charge in [0.2, 0.25) is 0 Å². The number of nitrogens with zero attached hydrogens (tertiary/aromatic N) is 2. The molecule has 1 fully saturated rings. The first-order valence-electron chi connectivity index (χ1n) is 7.91. The molecule has 1 aromatic heterocycles. The van der Waals surface area contributed by atoms with Crippen LogP contribution in [0.5, 0.6) is 0 Å². The van der Waals surface area contributed by atoms with Crippen LogP contribution in [0.3, 0.4) is 0 Å².